The maximum absolute atomic E-state index is 13.2. The maximum Gasteiger partial charge on any atom is 0.416 e. The van der Waals surface area contributed by atoms with Crippen molar-refractivity contribution in [1.29, 1.82) is 0 Å². The summed E-state index contributed by atoms with van der Waals surface area (Å²) in [7, 11) is 0. The molecule has 2 rings (SSSR count). The predicted octanol–water partition coefficient (Wildman–Crippen LogP) is 4.64. The molecule has 1 aromatic carbocycles. The molecule has 0 bridgehead atoms. The van der Waals surface area contributed by atoms with E-state index in [1.54, 1.807) is 23.9 Å². The fourth-order valence-electron chi connectivity index (χ4n) is 2.63. The van der Waals surface area contributed by atoms with Crippen molar-refractivity contribution >= 4 is 11.8 Å². The van der Waals surface area contributed by atoms with Gasteiger partial charge in [0.2, 0.25) is 0 Å². The van der Waals surface area contributed by atoms with Crippen molar-refractivity contribution in [3.05, 3.63) is 35.4 Å². The highest BCUT2D eigenvalue weighted by molar-refractivity contribution is 8.00. The van der Waals surface area contributed by atoms with Gasteiger partial charge < -0.3 is 5.32 Å². The van der Waals surface area contributed by atoms with Gasteiger partial charge in [-0.1, -0.05) is 25.1 Å². The number of hydrogen-bond donors (Lipinski definition) is 1. The van der Waals surface area contributed by atoms with Crippen molar-refractivity contribution in [2.75, 3.05) is 12.3 Å². The highest BCUT2D eigenvalue weighted by Gasteiger charge is 2.37. The van der Waals surface area contributed by atoms with Crippen LogP contribution in [-0.2, 0) is 6.18 Å². The molecule has 0 amide bonds. The highest BCUT2D eigenvalue weighted by Crippen LogP contribution is 2.41. The van der Waals surface area contributed by atoms with Crippen LogP contribution < -0.4 is 5.32 Å². The number of benzene rings is 1. The van der Waals surface area contributed by atoms with Crippen LogP contribution in [0, 0.1) is 0 Å². The molecule has 112 valence electrons. The van der Waals surface area contributed by atoms with Crippen molar-refractivity contribution in [3.63, 3.8) is 0 Å². The van der Waals surface area contributed by atoms with Gasteiger partial charge in [0, 0.05) is 11.3 Å². The quantitative estimate of drug-likeness (QED) is 0.850. The summed E-state index contributed by atoms with van der Waals surface area (Å²) < 4.78 is 39.5. The summed E-state index contributed by atoms with van der Waals surface area (Å²) in [5, 5.41) is 3.56. The molecule has 20 heavy (non-hydrogen) atoms. The Balaban J connectivity index is 2.32. The van der Waals surface area contributed by atoms with E-state index in [1.807, 2.05) is 6.92 Å². The lowest BCUT2D eigenvalue weighted by Crippen LogP contribution is -2.31. The second kappa shape index (κ2) is 6.85. The van der Waals surface area contributed by atoms with Gasteiger partial charge in [0.1, 0.15) is 0 Å². The SMILES string of the molecule is CCCNC(c1ccccc1C(F)(F)F)C1CCCS1. The first-order valence-electron chi connectivity index (χ1n) is 7.05. The van der Waals surface area contributed by atoms with Crippen molar-refractivity contribution in [1.82, 2.24) is 5.32 Å². The number of nitrogens with one attached hydrogen (secondary N) is 1. The van der Waals surface area contributed by atoms with Gasteiger partial charge in [0.25, 0.3) is 0 Å². The van der Waals surface area contributed by atoms with Crippen LogP contribution >= 0.6 is 11.8 Å². The van der Waals surface area contributed by atoms with Crippen LogP contribution in [0.1, 0.15) is 43.4 Å². The van der Waals surface area contributed by atoms with Crippen LogP contribution in [0.15, 0.2) is 24.3 Å². The van der Waals surface area contributed by atoms with Crippen LogP contribution in [0.2, 0.25) is 0 Å². The number of alkyl halides is 3. The molecule has 1 heterocycles. The molecule has 5 heteroatoms. The number of thioether (sulfide) groups is 1. The van der Waals surface area contributed by atoms with E-state index >= 15 is 0 Å². The Bertz CT molecular complexity index is 427. The summed E-state index contributed by atoms with van der Waals surface area (Å²) in [4.78, 5) is 0. The minimum Gasteiger partial charge on any atom is -0.309 e. The average Bonchev–Trinajstić information content (AvgIpc) is 2.92. The predicted molar refractivity (Wildman–Crippen MR) is 78.0 cm³/mol. The van der Waals surface area contributed by atoms with Gasteiger partial charge in [-0.15, -0.1) is 0 Å². The molecule has 1 fully saturated rings. The molecule has 2 unspecified atom stereocenters. The van der Waals surface area contributed by atoms with Gasteiger partial charge in [0.05, 0.1) is 5.56 Å². The maximum atomic E-state index is 13.2. The van der Waals surface area contributed by atoms with Gasteiger partial charge in [-0.2, -0.15) is 24.9 Å². The molecule has 0 saturated carbocycles. The largest absolute Gasteiger partial charge is 0.416 e. The molecule has 1 saturated heterocycles. The molecule has 1 N–H and O–H groups in total. The van der Waals surface area contributed by atoms with Gasteiger partial charge in [0.15, 0.2) is 0 Å². The monoisotopic (exact) mass is 303 g/mol. The summed E-state index contributed by atoms with van der Waals surface area (Å²) in [5.41, 5.74) is -0.103. The van der Waals surface area contributed by atoms with E-state index in [0.29, 0.717) is 5.56 Å². The zero-order valence-corrected chi connectivity index (χ0v) is 12.4. The number of rotatable bonds is 5. The van der Waals surface area contributed by atoms with Gasteiger partial charge in [-0.3, -0.25) is 0 Å². The second-order valence-corrected chi connectivity index (χ2v) is 6.42. The van der Waals surface area contributed by atoms with Crippen LogP contribution in [0.25, 0.3) is 0 Å². The average molecular weight is 303 g/mol. The fourth-order valence-corrected chi connectivity index (χ4v) is 4.04. The van der Waals surface area contributed by atoms with E-state index in [1.165, 1.54) is 12.1 Å². The van der Waals surface area contributed by atoms with Gasteiger partial charge in [-0.25, -0.2) is 0 Å². The molecule has 0 spiro atoms. The molecule has 1 aliphatic rings. The van der Waals surface area contributed by atoms with E-state index in [0.717, 1.165) is 31.6 Å². The van der Waals surface area contributed by atoms with Crippen LogP contribution in [-0.4, -0.2) is 17.5 Å². The summed E-state index contributed by atoms with van der Waals surface area (Å²) in [6.45, 7) is 2.77. The Labute approximate surface area is 122 Å². The van der Waals surface area contributed by atoms with Crippen LogP contribution in [0.5, 0.6) is 0 Å². The molecule has 2 atom stereocenters. The third kappa shape index (κ3) is 3.70. The molecule has 1 aliphatic heterocycles. The van der Waals surface area contributed by atoms with Crippen LogP contribution in [0.4, 0.5) is 13.2 Å². The lowest BCUT2D eigenvalue weighted by Gasteiger charge is -2.27. The molecule has 0 aromatic heterocycles. The van der Waals surface area contributed by atoms with E-state index in [9.17, 15) is 13.2 Å². The van der Waals surface area contributed by atoms with Crippen molar-refractivity contribution < 1.29 is 13.2 Å². The van der Waals surface area contributed by atoms with Crippen molar-refractivity contribution in [3.8, 4) is 0 Å². The second-order valence-electron chi connectivity index (χ2n) is 5.07. The van der Waals surface area contributed by atoms with E-state index < -0.39 is 11.7 Å². The fraction of sp³-hybridized carbons (Fsp3) is 0.600. The van der Waals surface area contributed by atoms with Gasteiger partial charge in [-0.05, 0) is 43.2 Å². The first-order valence-corrected chi connectivity index (χ1v) is 8.10. The standard InChI is InChI=1S/C15H20F3NS/c1-2-9-19-14(13-8-5-10-20-13)11-6-3-4-7-12(11)15(16,17)18/h3-4,6-7,13-14,19H,2,5,8-10H2,1H3. The molecular weight excluding hydrogens is 283 g/mol. The molecule has 1 nitrogen and oxygen atoms in total. The topological polar surface area (TPSA) is 12.0 Å². The number of hydrogen-bond acceptors (Lipinski definition) is 2. The Morgan fingerprint density at radius 1 is 1.35 bits per heavy atom. The van der Waals surface area contributed by atoms with Crippen molar-refractivity contribution in [2.45, 2.75) is 43.7 Å². The molecular formula is C15H20F3NS. The minimum absolute atomic E-state index is 0.208. The zero-order valence-electron chi connectivity index (χ0n) is 11.5. The normalized spacial score (nSPS) is 21.1. The van der Waals surface area contributed by atoms with E-state index in [4.69, 9.17) is 0 Å². The first-order chi connectivity index (χ1) is 9.54. The smallest absolute Gasteiger partial charge is 0.309 e. The summed E-state index contributed by atoms with van der Waals surface area (Å²) in [6.07, 6.45) is -1.29. The Hall–Kier alpha value is -0.680. The summed E-state index contributed by atoms with van der Waals surface area (Å²) in [5.74, 6) is 1.04. The van der Waals surface area contributed by atoms with Crippen LogP contribution in [0.3, 0.4) is 0 Å². The molecule has 1 aromatic rings. The highest BCUT2D eigenvalue weighted by atomic mass is 32.2. The Kier molecular flexibility index (Phi) is 5.38. The lowest BCUT2D eigenvalue weighted by molar-refractivity contribution is -0.138. The number of halogens is 3. The summed E-state index contributed by atoms with van der Waals surface area (Å²) >= 11 is 1.79. The minimum atomic E-state index is -4.29. The van der Waals surface area contributed by atoms with Gasteiger partial charge >= 0.3 is 6.18 Å². The Morgan fingerprint density at radius 2 is 2.10 bits per heavy atom. The lowest BCUT2D eigenvalue weighted by atomic mass is 9.95. The third-order valence-electron chi connectivity index (χ3n) is 3.55. The van der Waals surface area contributed by atoms with Crippen molar-refractivity contribution in [2.24, 2.45) is 0 Å². The van der Waals surface area contributed by atoms with E-state index in [2.05, 4.69) is 5.32 Å². The van der Waals surface area contributed by atoms with E-state index in [-0.39, 0.29) is 11.3 Å². The third-order valence-corrected chi connectivity index (χ3v) is 5.01. The Morgan fingerprint density at radius 3 is 2.70 bits per heavy atom. The molecule has 0 aliphatic carbocycles. The zero-order chi connectivity index (χ0) is 14.6. The summed E-state index contributed by atoms with van der Waals surface area (Å²) in [6, 6.07) is 5.76. The molecule has 0 radical (unpaired) electrons. The first kappa shape index (κ1) is 15.7.